The summed E-state index contributed by atoms with van der Waals surface area (Å²) in [7, 11) is 0. The van der Waals surface area contributed by atoms with Crippen molar-refractivity contribution < 1.29 is 9.84 Å². The van der Waals surface area contributed by atoms with Crippen LogP contribution in [0.25, 0.3) is 0 Å². The zero-order chi connectivity index (χ0) is 19.7. The number of fused-ring (bicyclic) bond motifs is 1. The first-order chi connectivity index (χ1) is 13.5. The van der Waals surface area contributed by atoms with Gasteiger partial charge < -0.3 is 9.84 Å². The number of phenols is 1. The second-order valence-electron chi connectivity index (χ2n) is 7.82. The quantitative estimate of drug-likeness (QED) is 0.515. The standard InChI is InChI=1S/C25H25ClO2/c1-16(2)22-13-18(9-11-24(22)28-15-17-6-4-3-5-7-17)21-10-8-19-12-20(27)14-23(26)25(19)21/h3-7,9,11-14,16,21,27H,8,10,15H2,1-2H3. The molecule has 0 aromatic heterocycles. The Bertz CT molecular complexity index is 979. The molecule has 0 aliphatic heterocycles. The number of ether oxygens (including phenoxy) is 1. The first-order valence-electron chi connectivity index (χ1n) is 9.84. The third-order valence-corrected chi connectivity index (χ3v) is 5.86. The fraction of sp³-hybridized carbons (Fsp3) is 0.280. The molecule has 0 fully saturated rings. The smallest absolute Gasteiger partial charge is 0.123 e. The summed E-state index contributed by atoms with van der Waals surface area (Å²) in [5.74, 6) is 1.82. The summed E-state index contributed by atoms with van der Waals surface area (Å²) in [5.41, 5.74) is 5.97. The van der Waals surface area contributed by atoms with Crippen molar-refractivity contribution >= 4 is 11.6 Å². The van der Waals surface area contributed by atoms with Gasteiger partial charge in [0.1, 0.15) is 18.1 Å². The Balaban J connectivity index is 1.63. The Hall–Kier alpha value is -2.45. The number of hydrogen-bond donors (Lipinski definition) is 1. The lowest BCUT2D eigenvalue weighted by Gasteiger charge is -2.19. The Kier molecular flexibility index (Phi) is 5.32. The molecule has 0 saturated carbocycles. The van der Waals surface area contributed by atoms with Crippen LogP contribution in [0.4, 0.5) is 0 Å². The molecule has 3 aromatic rings. The molecule has 1 unspecified atom stereocenters. The highest BCUT2D eigenvalue weighted by Crippen LogP contribution is 2.45. The first-order valence-corrected chi connectivity index (χ1v) is 10.2. The molecule has 1 aliphatic rings. The molecular formula is C25H25ClO2. The maximum absolute atomic E-state index is 9.84. The van der Waals surface area contributed by atoms with E-state index in [1.807, 2.05) is 24.3 Å². The predicted molar refractivity (Wildman–Crippen MR) is 115 cm³/mol. The molecule has 0 bridgehead atoms. The van der Waals surface area contributed by atoms with Crippen LogP contribution in [0, 0.1) is 0 Å². The van der Waals surface area contributed by atoms with E-state index in [1.165, 1.54) is 11.1 Å². The molecule has 0 saturated heterocycles. The van der Waals surface area contributed by atoms with Crippen LogP contribution in [0.15, 0.2) is 60.7 Å². The first kappa shape index (κ1) is 18.9. The van der Waals surface area contributed by atoms with Gasteiger partial charge in [-0.2, -0.15) is 0 Å². The van der Waals surface area contributed by atoms with Gasteiger partial charge in [0.05, 0.1) is 0 Å². The minimum atomic E-state index is 0.247. The third-order valence-electron chi connectivity index (χ3n) is 5.55. The minimum absolute atomic E-state index is 0.247. The van der Waals surface area contributed by atoms with Crippen molar-refractivity contribution in [3.8, 4) is 11.5 Å². The molecule has 144 valence electrons. The van der Waals surface area contributed by atoms with Crippen molar-refractivity contribution in [2.75, 3.05) is 0 Å². The lowest BCUT2D eigenvalue weighted by Crippen LogP contribution is -2.03. The van der Waals surface area contributed by atoms with Gasteiger partial charge in [-0.15, -0.1) is 0 Å². The van der Waals surface area contributed by atoms with Crippen LogP contribution in [0.5, 0.6) is 11.5 Å². The van der Waals surface area contributed by atoms with E-state index < -0.39 is 0 Å². The summed E-state index contributed by atoms with van der Waals surface area (Å²) in [6, 6.07) is 20.3. The monoisotopic (exact) mass is 392 g/mol. The maximum atomic E-state index is 9.84. The Morgan fingerprint density at radius 3 is 2.61 bits per heavy atom. The number of aromatic hydroxyl groups is 1. The van der Waals surface area contributed by atoms with E-state index in [-0.39, 0.29) is 11.7 Å². The van der Waals surface area contributed by atoms with E-state index in [2.05, 4.69) is 44.2 Å². The van der Waals surface area contributed by atoms with Gasteiger partial charge in [-0.05, 0) is 64.8 Å². The average molecular weight is 393 g/mol. The van der Waals surface area contributed by atoms with Gasteiger partial charge in [0.15, 0.2) is 0 Å². The van der Waals surface area contributed by atoms with Crippen molar-refractivity contribution in [3.05, 3.63) is 93.5 Å². The lowest BCUT2D eigenvalue weighted by atomic mass is 9.89. The van der Waals surface area contributed by atoms with Crippen LogP contribution < -0.4 is 4.74 Å². The van der Waals surface area contributed by atoms with E-state index in [1.54, 1.807) is 6.07 Å². The SMILES string of the molecule is CC(C)c1cc(C2CCc3cc(O)cc(Cl)c32)ccc1OCc1ccccc1. The molecule has 1 atom stereocenters. The highest BCUT2D eigenvalue weighted by atomic mass is 35.5. The predicted octanol–water partition coefficient (Wildman–Crippen LogP) is 6.83. The van der Waals surface area contributed by atoms with E-state index in [0.29, 0.717) is 17.5 Å². The normalized spacial score (nSPS) is 15.6. The van der Waals surface area contributed by atoms with Crippen LogP contribution in [0.2, 0.25) is 5.02 Å². The van der Waals surface area contributed by atoms with Gasteiger partial charge in [0, 0.05) is 10.9 Å². The molecule has 3 heteroatoms. The second-order valence-corrected chi connectivity index (χ2v) is 8.23. The summed E-state index contributed by atoms with van der Waals surface area (Å²) in [5, 5.41) is 10.5. The number of benzene rings is 3. The molecule has 0 amide bonds. The van der Waals surface area contributed by atoms with Gasteiger partial charge in [0.25, 0.3) is 0 Å². The highest BCUT2D eigenvalue weighted by Gasteiger charge is 2.28. The zero-order valence-corrected chi connectivity index (χ0v) is 17.0. The average Bonchev–Trinajstić information content (AvgIpc) is 3.11. The molecule has 0 spiro atoms. The Morgan fingerprint density at radius 2 is 1.86 bits per heavy atom. The van der Waals surface area contributed by atoms with Crippen molar-refractivity contribution in [1.29, 1.82) is 0 Å². The fourth-order valence-electron chi connectivity index (χ4n) is 4.14. The van der Waals surface area contributed by atoms with Crippen molar-refractivity contribution in [3.63, 3.8) is 0 Å². The van der Waals surface area contributed by atoms with Crippen LogP contribution >= 0.6 is 11.6 Å². The van der Waals surface area contributed by atoms with Gasteiger partial charge >= 0.3 is 0 Å². The third kappa shape index (κ3) is 3.74. The molecule has 0 radical (unpaired) electrons. The minimum Gasteiger partial charge on any atom is -0.508 e. The molecule has 1 N–H and O–H groups in total. The topological polar surface area (TPSA) is 29.5 Å². The number of aryl methyl sites for hydroxylation is 1. The van der Waals surface area contributed by atoms with Gasteiger partial charge in [0.2, 0.25) is 0 Å². The highest BCUT2D eigenvalue weighted by molar-refractivity contribution is 6.31. The van der Waals surface area contributed by atoms with E-state index in [4.69, 9.17) is 16.3 Å². The summed E-state index contributed by atoms with van der Waals surface area (Å²) in [6.45, 7) is 4.96. The molecule has 28 heavy (non-hydrogen) atoms. The van der Waals surface area contributed by atoms with Gasteiger partial charge in [-0.25, -0.2) is 0 Å². The molecule has 1 aliphatic carbocycles. The second kappa shape index (κ2) is 7.89. The van der Waals surface area contributed by atoms with Crippen LogP contribution in [-0.2, 0) is 13.0 Å². The number of halogens is 1. The summed E-state index contributed by atoms with van der Waals surface area (Å²) >= 11 is 6.49. The number of rotatable bonds is 5. The largest absolute Gasteiger partial charge is 0.508 e. The van der Waals surface area contributed by atoms with E-state index in [9.17, 15) is 5.11 Å². The number of phenolic OH excluding ortho intramolecular Hbond substituents is 1. The van der Waals surface area contributed by atoms with Gasteiger partial charge in [-0.3, -0.25) is 0 Å². The van der Waals surface area contributed by atoms with Crippen molar-refractivity contribution in [2.45, 2.75) is 45.1 Å². The van der Waals surface area contributed by atoms with Crippen LogP contribution in [-0.4, -0.2) is 5.11 Å². The Morgan fingerprint density at radius 1 is 1.07 bits per heavy atom. The molecular weight excluding hydrogens is 368 g/mol. The van der Waals surface area contributed by atoms with Gasteiger partial charge in [-0.1, -0.05) is 67.9 Å². The van der Waals surface area contributed by atoms with Crippen LogP contribution in [0.3, 0.4) is 0 Å². The fourth-order valence-corrected chi connectivity index (χ4v) is 4.50. The van der Waals surface area contributed by atoms with E-state index >= 15 is 0 Å². The summed E-state index contributed by atoms with van der Waals surface area (Å²) < 4.78 is 6.15. The number of hydrogen-bond acceptors (Lipinski definition) is 2. The summed E-state index contributed by atoms with van der Waals surface area (Å²) in [6.07, 6.45) is 1.96. The molecule has 2 nitrogen and oxygen atoms in total. The lowest BCUT2D eigenvalue weighted by molar-refractivity contribution is 0.301. The zero-order valence-electron chi connectivity index (χ0n) is 16.3. The van der Waals surface area contributed by atoms with Crippen molar-refractivity contribution in [1.82, 2.24) is 0 Å². The summed E-state index contributed by atoms with van der Waals surface area (Å²) in [4.78, 5) is 0. The van der Waals surface area contributed by atoms with Crippen LogP contribution in [0.1, 0.15) is 59.9 Å². The molecule has 4 rings (SSSR count). The van der Waals surface area contributed by atoms with Crippen molar-refractivity contribution in [2.24, 2.45) is 0 Å². The maximum Gasteiger partial charge on any atom is 0.123 e. The molecule has 3 aromatic carbocycles. The molecule has 0 heterocycles. The Labute approximate surface area is 171 Å². The van der Waals surface area contributed by atoms with E-state index in [0.717, 1.165) is 35.3 Å².